The van der Waals surface area contributed by atoms with Crippen LogP contribution in [0.25, 0.3) is 16.8 Å². The number of halogens is 3. The van der Waals surface area contributed by atoms with Gasteiger partial charge < -0.3 is 10.0 Å². The van der Waals surface area contributed by atoms with Crippen LogP contribution < -0.4 is 4.90 Å². The van der Waals surface area contributed by atoms with Crippen LogP contribution in [0.5, 0.6) is 0 Å². The number of rotatable bonds is 8. The second-order valence-corrected chi connectivity index (χ2v) is 14.6. The number of sulfone groups is 1. The van der Waals surface area contributed by atoms with Crippen LogP contribution in [0.3, 0.4) is 0 Å². The number of nitriles is 1. The van der Waals surface area contributed by atoms with Crippen LogP contribution in [-0.4, -0.2) is 59.6 Å². The van der Waals surface area contributed by atoms with Crippen LogP contribution in [0, 0.1) is 28.5 Å². The molecule has 1 aromatic heterocycles. The van der Waals surface area contributed by atoms with Crippen molar-refractivity contribution in [3.05, 3.63) is 65.7 Å². The van der Waals surface area contributed by atoms with Crippen molar-refractivity contribution >= 4 is 21.3 Å². The Labute approximate surface area is 254 Å². The van der Waals surface area contributed by atoms with E-state index in [9.17, 15) is 36.8 Å². The van der Waals surface area contributed by atoms with Crippen molar-refractivity contribution in [1.29, 1.82) is 5.26 Å². The highest BCUT2D eigenvalue weighted by Gasteiger charge is 2.51. The van der Waals surface area contributed by atoms with Crippen molar-refractivity contribution in [3.63, 3.8) is 0 Å². The lowest BCUT2D eigenvalue weighted by Gasteiger charge is -2.35. The predicted molar refractivity (Wildman–Crippen MR) is 158 cm³/mol. The summed E-state index contributed by atoms with van der Waals surface area (Å²) < 4.78 is 68.7. The molecular weight excluding hydrogens is 593 g/mol. The third kappa shape index (κ3) is 6.00. The Kier molecular flexibility index (Phi) is 7.82. The Hall–Kier alpha value is -3.69. The fraction of sp³-hybridized carbons (Fsp3) is 0.469. The SMILES string of the molecule is N#CC1(CC(=O)[C@@H]2CC(F)(F)CC[C@H]2c2nn(-c3ccc(F)cc3)c(CO)c2-c2ccc(N3CCS(=O)(=O)CC3)cc2)CC1. The van der Waals surface area contributed by atoms with Gasteiger partial charge in [0.25, 0.3) is 0 Å². The van der Waals surface area contributed by atoms with Gasteiger partial charge in [0.1, 0.15) is 11.6 Å². The summed E-state index contributed by atoms with van der Waals surface area (Å²) in [5, 5.41) is 25.0. The zero-order valence-electron chi connectivity index (χ0n) is 24.1. The van der Waals surface area contributed by atoms with Crippen LogP contribution >= 0.6 is 0 Å². The highest BCUT2D eigenvalue weighted by molar-refractivity contribution is 7.91. The van der Waals surface area contributed by atoms with Gasteiger partial charge in [0.05, 0.1) is 46.7 Å². The van der Waals surface area contributed by atoms with Gasteiger partial charge in [-0.3, -0.25) is 4.79 Å². The predicted octanol–water partition coefficient (Wildman–Crippen LogP) is 5.19. The number of carbonyl (C=O) groups is 1. The molecule has 12 heteroatoms. The first kappa shape index (κ1) is 30.3. The van der Waals surface area contributed by atoms with Crippen molar-refractivity contribution in [2.75, 3.05) is 29.5 Å². The lowest BCUT2D eigenvalue weighted by molar-refractivity contribution is -0.132. The minimum Gasteiger partial charge on any atom is -0.390 e. The molecule has 0 bridgehead atoms. The van der Waals surface area contributed by atoms with Gasteiger partial charge in [0, 0.05) is 55.4 Å². The third-order valence-electron chi connectivity index (χ3n) is 9.29. The van der Waals surface area contributed by atoms with Crippen molar-refractivity contribution in [2.45, 2.75) is 57.0 Å². The Morgan fingerprint density at radius 1 is 1.02 bits per heavy atom. The molecule has 3 aliphatic rings. The van der Waals surface area contributed by atoms with Crippen molar-refractivity contribution in [2.24, 2.45) is 11.3 Å². The maximum absolute atomic E-state index is 14.8. The molecule has 1 aliphatic heterocycles. The molecule has 2 aromatic carbocycles. The fourth-order valence-electron chi connectivity index (χ4n) is 6.54. The number of benzene rings is 2. The van der Waals surface area contributed by atoms with Crippen LogP contribution in [-0.2, 0) is 21.2 Å². The molecule has 0 amide bonds. The van der Waals surface area contributed by atoms with E-state index >= 15 is 0 Å². The van der Waals surface area contributed by atoms with E-state index in [0.717, 1.165) is 5.69 Å². The van der Waals surface area contributed by atoms with E-state index in [0.29, 0.717) is 54.1 Å². The van der Waals surface area contributed by atoms with E-state index in [1.165, 1.54) is 28.9 Å². The largest absolute Gasteiger partial charge is 0.390 e. The molecule has 0 unspecified atom stereocenters. The molecule has 44 heavy (non-hydrogen) atoms. The molecule has 1 saturated heterocycles. The van der Waals surface area contributed by atoms with Gasteiger partial charge in [-0.15, -0.1) is 0 Å². The average molecular weight is 627 g/mol. The van der Waals surface area contributed by atoms with Crippen molar-refractivity contribution < 1.29 is 31.5 Å². The molecule has 2 heterocycles. The molecule has 2 aliphatic carbocycles. The molecule has 8 nitrogen and oxygen atoms in total. The summed E-state index contributed by atoms with van der Waals surface area (Å²) in [4.78, 5) is 15.6. The normalized spacial score (nSPS) is 23.6. The van der Waals surface area contributed by atoms with Crippen LogP contribution in [0.1, 0.15) is 55.8 Å². The van der Waals surface area contributed by atoms with E-state index in [2.05, 4.69) is 6.07 Å². The van der Waals surface area contributed by atoms with E-state index in [1.54, 1.807) is 0 Å². The van der Waals surface area contributed by atoms with Crippen LogP contribution in [0.15, 0.2) is 48.5 Å². The maximum atomic E-state index is 14.8. The summed E-state index contributed by atoms with van der Waals surface area (Å²) in [5.41, 5.74) is 2.40. The number of hydrogen-bond acceptors (Lipinski definition) is 7. The van der Waals surface area contributed by atoms with E-state index < -0.39 is 58.3 Å². The molecule has 1 N–H and O–H groups in total. The lowest BCUT2D eigenvalue weighted by atomic mass is 9.71. The number of nitrogens with zero attached hydrogens (tertiary/aromatic N) is 4. The van der Waals surface area contributed by atoms with E-state index in [-0.39, 0.29) is 30.1 Å². The van der Waals surface area contributed by atoms with Gasteiger partial charge >= 0.3 is 0 Å². The summed E-state index contributed by atoms with van der Waals surface area (Å²) in [5.74, 6) is -5.51. The zero-order valence-corrected chi connectivity index (χ0v) is 24.9. The molecule has 6 rings (SSSR count). The average Bonchev–Trinajstić information content (AvgIpc) is 3.67. The van der Waals surface area contributed by atoms with Gasteiger partial charge in [-0.05, 0) is 61.2 Å². The molecule has 2 atom stereocenters. The molecule has 3 fully saturated rings. The summed E-state index contributed by atoms with van der Waals surface area (Å²) >= 11 is 0. The first-order valence-electron chi connectivity index (χ1n) is 14.8. The van der Waals surface area contributed by atoms with E-state index in [4.69, 9.17) is 5.10 Å². The standard InChI is InChI=1S/C32H33F3N4O4S/c33-22-3-7-24(8-4-22)39-27(19-40)29(21-1-5-23(6-2-21)38-13-15-44(42,43)16-14-38)30(37-39)25-9-10-32(34,35)17-26(25)28(41)18-31(20-36)11-12-31/h1-8,25-26,40H,9-19H2/t25-,26-/m1/s1. The van der Waals surface area contributed by atoms with E-state index in [1.807, 2.05) is 29.2 Å². The van der Waals surface area contributed by atoms with Crippen molar-refractivity contribution in [1.82, 2.24) is 9.78 Å². The summed E-state index contributed by atoms with van der Waals surface area (Å²) in [6.45, 7) is 0.258. The minimum absolute atomic E-state index is 0.0123. The minimum atomic E-state index is -3.06. The number of alkyl halides is 2. The smallest absolute Gasteiger partial charge is 0.248 e. The first-order chi connectivity index (χ1) is 20.9. The molecule has 232 valence electrons. The Balaban J connectivity index is 1.43. The molecule has 0 radical (unpaired) electrons. The molecule has 0 spiro atoms. The monoisotopic (exact) mass is 626 g/mol. The molecule has 3 aromatic rings. The quantitative estimate of drug-likeness (QED) is 0.366. The van der Waals surface area contributed by atoms with Gasteiger partial charge in [0.2, 0.25) is 5.92 Å². The Bertz CT molecular complexity index is 1700. The zero-order chi connectivity index (χ0) is 31.3. The highest BCUT2D eigenvalue weighted by atomic mass is 32.2. The molecular formula is C32H33F3N4O4S. The number of hydrogen-bond donors (Lipinski definition) is 1. The van der Waals surface area contributed by atoms with Crippen molar-refractivity contribution in [3.8, 4) is 22.9 Å². The fourth-order valence-corrected chi connectivity index (χ4v) is 7.74. The highest BCUT2D eigenvalue weighted by Crippen LogP contribution is 2.53. The topological polar surface area (TPSA) is 116 Å². The second kappa shape index (κ2) is 11.3. The summed E-state index contributed by atoms with van der Waals surface area (Å²) in [6.07, 6.45) is -0.0383. The Morgan fingerprint density at radius 3 is 2.25 bits per heavy atom. The number of aliphatic hydroxyl groups is 1. The van der Waals surface area contributed by atoms with Crippen LogP contribution in [0.4, 0.5) is 18.9 Å². The lowest BCUT2D eigenvalue weighted by Crippen LogP contribution is -2.40. The van der Waals surface area contributed by atoms with Crippen LogP contribution in [0.2, 0.25) is 0 Å². The van der Waals surface area contributed by atoms with Gasteiger partial charge in [0.15, 0.2) is 9.84 Å². The Morgan fingerprint density at radius 2 is 1.66 bits per heavy atom. The van der Waals surface area contributed by atoms with Gasteiger partial charge in [-0.1, -0.05) is 12.1 Å². The number of Topliss-reactive ketones (excluding diaryl/α,β-unsaturated/α-hetero) is 1. The number of aliphatic hydroxyl groups excluding tert-OH is 1. The number of aromatic nitrogens is 2. The third-order valence-corrected chi connectivity index (χ3v) is 10.9. The number of ketones is 1. The maximum Gasteiger partial charge on any atom is 0.248 e. The van der Waals surface area contributed by atoms with Gasteiger partial charge in [-0.25, -0.2) is 26.3 Å². The first-order valence-corrected chi connectivity index (χ1v) is 16.6. The second-order valence-electron chi connectivity index (χ2n) is 12.3. The summed E-state index contributed by atoms with van der Waals surface area (Å²) in [6, 6.07) is 15.0. The number of anilines is 1. The van der Waals surface area contributed by atoms with Gasteiger partial charge in [-0.2, -0.15) is 10.4 Å². The number of carbonyl (C=O) groups excluding carboxylic acids is 1. The molecule has 2 saturated carbocycles. The summed E-state index contributed by atoms with van der Waals surface area (Å²) in [7, 11) is -3.06.